The van der Waals surface area contributed by atoms with Gasteiger partial charge in [-0.1, -0.05) is 0 Å². The maximum atomic E-state index is 12.5. The number of hydrogen-bond donors (Lipinski definition) is 0. The van der Waals surface area contributed by atoms with E-state index in [0.717, 1.165) is 35.9 Å². The zero-order valence-corrected chi connectivity index (χ0v) is 21.6. The van der Waals surface area contributed by atoms with E-state index in [1.165, 1.54) is 0 Å². The Morgan fingerprint density at radius 3 is 2.56 bits per heavy atom. The Balaban J connectivity index is 1.37. The Hall–Kier alpha value is -1.90. The number of amides is 1. The van der Waals surface area contributed by atoms with Gasteiger partial charge < -0.3 is 23.7 Å². The van der Waals surface area contributed by atoms with E-state index in [2.05, 4.69) is 27.7 Å². The van der Waals surface area contributed by atoms with Crippen LogP contribution in [0.5, 0.6) is 0 Å². The summed E-state index contributed by atoms with van der Waals surface area (Å²) < 4.78 is 20.7. The molecule has 1 saturated carbocycles. The number of carbonyl (C=O) groups is 1. The first kappa shape index (κ1) is 23.8. The fourth-order valence-electron chi connectivity index (χ4n) is 5.98. The molecule has 0 radical (unpaired) electrons. The second-order valence-electron chi connectivity index (χ2n) is 11.4. The quantitative estimate of drug-likeness (QED) is 0.543. The molecular weight excluding hydrogens is 456 g/mol. The van der Waals surface area contributed by atoms with Crippen molar-refractivity contribution < 1.29 is 19.0 Å². The van der Waals surface area contributed by atoms with Crippen LogP contribution in [0.25, 0.3) is 11.0 Å². The summed E-state index contributed by atoms with van der Waals surface area (Å²) in [5.41, 5.74) is 1.48. The van der Waals surface area contributed by atoms with Crippen LogP contribution < -0.4 is 0 Å². The second kappa shape index (κ2) is 8.35. The van der Waals surface area contributed by atoms with Crippen LogP contribution in [0.15, 0.2) is 12.4 Å². The van der Waals surface area contributed by atoms with E-state index in [0.29, 0.717) is 24.9 Å². The lowest BCUT2D eigenvalue weighted by molar-refractivity contribution is -0.163. The van der Waals surface area contributed by atoms with Crippen LogP contribution in [0.1, 0.15) is 65.5 Å². The molecule has 4 atom stereocenters. The summed E-state index contributed by atoms with van der Waals surface area (Å²) in [6.07, 6.45) is 6.46. The summed E-state index contributed by atoms with van der Waals surface area (Å²) in [7, 11) is 0. The van der Waals surface area contributed by atoms with Gasteiger partial charge in [0.1, 0.15) is 17.4 Å². The normalized spacial score (nSPS) is 29.6. The highest BCUT2D eigenvalue weighted by Gasteiger charge is 2.56. The average Bonchev–Trinajstić information content (AvgIpc) is 3.34. The van der Waals surface area contributed by atoms with Gasteiger partial charge in [-0.15, -0.1) is 0 Å². The molecule has 0 bridgehead atoms. The Morgan fingerprint density at radius 1 is 1.21 bits per heavy atom. The summed E-state index contributed by atoms with van der Waals surface area (Å²) >= 11 is 6.16. The van der Waals surface area contributed by atoms with Crippen molar-refractivity contribution in [2.75, 3.05) is 13.1 Å². The number of nitrogens with zero attached hydrogens (tertiary/aromatic N) is 4. The first-order valence-electron chi connectivity index (χ1n) is 12.2. The molecule has 8 nitrogen and oxygen atoms in total. The summed E-state index contributed by atoms with van der Waals surface area (Å²) in [5, 5.41) is 1.25. The molecule has 9 heteroatoms. The third-order valence-corrected chi connectivity index (χ3v) is 7.56. The minimum Gasteiger partial charge on any atom is -0.444 e. The summed E-state index contributed by atoms with van der Waals surface area (Å²) in [5.74, 6) is 0.163. The monoisotopic (exact) mass is 490 g/mol. The molecular formula is C25H35ClN4O4. The Morgan fingerprint density at radius 2 is 1.88 bits per heavy atom. The number of rotatable bonds is 2. The molecule has 2 aliphatic heterocycles. The van der Waals surface area contributed by atoms with E-state index in [1.54, 1.807) is 6.20 Å². The molecule has 34 heavy (non-hydrogen) atoms. The van der Waals surface area contributed by atoms with Crippen LogP contribution >= 0.6 is 11.6 Å². The first-order valence-corrected chi connectivity index (χ1v) is 12.6. The van der Waals surface area contributed by atoms with Crippen molar-refractivity contribution >= 4 is 28.7 Å². The highest BCUT2D eigenvalue weighted by Crippen LogP contribution is 2.51. The highest BCUT2D eigenvalue weighted by atomic mass is 35.5. The van der Waals surface area contributed by atoms with Crippen molar-refractivity contribution in [3.8, 4) is 0 Å². The van der Waals surface area contributed by atoms with Gasteiger partial charge >= 0.3 is 6.09 Å². The van der Waals surface area contributed by atoms with E-state index < -0.39 is 11.4 Å². The van der Waals surface area contributed by atoms with Crippen LogP contribution in [0.2, 0.25) is 5.28 Å². The predicted molar refractivity (Wildman–Crippen MR) is 129 cm³/mol. The molecule has 0 N–H and O–H groups in total. The second-order valence-corrected chi connectivity index (χ2v) is 11.8. The van der Waals surface area contributed by atoms with Crippen LogP contribution in [-0.4, -0.2) is 62.2 Å². The van der Waals surface area contributed by atoms with Gasteiger partial charge in [0.15, 0.2) is 5.79 Å². The van der Waals surface area contributed by atoms with Crippen LogP contribution in [0, 0.1) is 18.8 Å². The van der Waals surface area contributed by atoms with Crippen molar-refractivity contribution in [3.05, 3.63) is 23.2 Å². The molecule has 0 spiro atoms. The number of piperidine rings is 1. The summed E-state index contributed by atoms with van der Waals surface area (Å²) in [4.78, 5) is 23.1. The minimum atomic E-state index is -0.631. The molecule has 2 aromatic heterocycles. The van der Waals surface area contributed by atoms with Gasteiger partial charge in [0.05, 0.1) is 12.1 Å². The lowest BCUT2D eigenvalue weighted by Crippen LogP contribution is -2.44. The molecule has 2 saturated heterocycles. The molecule has 3 fully saturated rings. The zero-order valence-electron chi connectivity index (χ0n) is 20.9. The number of aromatic nitrogens is 3. The van der Waals surface area contributed by atoms with E-state index >= 15 is 0 Å². The number of carbonyl (C=O) groups excluding carboxylic acids is 1. The van der Waals surface area contributed by atoms with Crippen LogP contribution in [-0.2, 0) is 14.2 Å². The van der Waals surface area contributed by atoms with Crippen LogP contribution in [0.4, 0.5) is 4.79 Å². The largest absolute Gasteiger partial charge is 0.444 e. The number of aryl methyl sites for hydroxylation is 1. The molecule has 3 aliphatic rings. The Bertz CT molecular complexity index is 1090. The van der Waals surface area contributed by atoms with Gasteiger partial charge in [-0.2, -0.15) is 4.98 Å². The van der Waals surface area contributed by atoms with Crippen molar-refractivity contribution in [2.24, 2.45) is 11.8 Å². The number of halogens is 1. The van der Waals surface area contributed by atoms with Crippen molar-refractivity contribution in [2.45, 2.75) is 90.4 Å². The number of hydrogen-bond acceptors (Lipinski definition) is 6. The molecule has 1 aliphatic carbocycles. The SMILES string of the molecule is Cc1cn([C@@H]2C[C@H](C3CCN(C(=O)OC(C)(C)C)CC3)[C@H]3OC(C)(C)O[C@H]32)c2nc(Cl)ncc12. The smallest absolute Gasteiger partial charge is 0.410 e. The van der Waals surface area contributed by atoms with Crippen molar-refractivity contribution in [1.82, 2.24) is 19.4 Å². The third-order valence-electron chi connectivity index (χ3n) is 7.37. The number of ether oxygens (including phenoxy) is 3. The maximum Gasteiger partial charge on any atom is 0.410 e. The molecule has 186 valence electrons. The fourth-order valence-corrected chi connectivity index (χ4v) is 6.11. The molecule has 4 heterocycles. The van der Waals surface area contributed by atoms with Gasteiger partial charge in [-0.05, 0) is 89.8 Å². The van der Waals surface area contributed by atoms with E-state index in [1.807, 2.05) is 39.5 Å². The highest BCUT2D eigenvalue weighted by molar-refractivity contribution is 6.28. The van der Waals surface area contributed by atoms with Crippen molar-refractivity contribution in [3.63, 3.8) is 0 Å². The molecule has 2 aromatic rings. The van der Waals surface area contributed by atoms with E-state index in [-0.39, 0.29) is 29.6 Å². The molecule has 0 unspecified atom stereocenters. The van der Waals surface area contributed by atoms with E-state index in [4.69, 9.17) is 25.8 Å². The zero-order chi connectivity index (χ0) is 24.4. The van der Waals surface area contributed by atoms with E-state index in [9.17, 15) is 4.79 Å². The van der Waals surface area contributed by atoms with Gasteiger partial charge in [0, 0.05) is 30.9 Å². The van der Waals surface area contributed by atoms with Gasteiger partial charge in [0.25, 0.3) is 0 Å². The molecule has 5 rings (SSSR count). The summed E-state index contributed by atoms with van der Waals surface area (Å²) in [6.45, 7) is 13.2. The summed E-state index contributed by atoms with van der Waals surface area (Å²) in [6, 6.07) is 0.0998. The number of likely N-dealkylation sites (tertiary alicyclic amines) is 1. The Kier molecular flexibility index (Phi) is 5.85. The minimum absolute atomic E-state index is 0.00754. The molecule has 1 amide bonds. The fraction of sp³-hybridized carbons (Fsp3) is 0.720. The molecule has 0 aromatic carbocycles. The van der Waals surface area contributed by atoms with Gasteiger partial charge in [0.2, 0.25) is 5.28 Å². The first-order chi connectivity index (χ1) is 15.9. The average molecular weight is 491 g/mol. The standard InChI is InChI=1S/C25H35ClN4O4/c1-14-13-30(21-17(14)12-27-22(26)28-21)18-11-16(19-20(18)33-25(5,6)32-19)15-7-9-29(10-8-15)23(31)34-24(2,3)4/h12-13,15-16,18-20H,7-11H2,1-6H3/t16-,18-,19-,20+/m1/s1. The van der Waals surface area contributed by atoms with Crippen molar-refractivity contribution in [1.29, 1.82) is 0 Å². The predicted octanol–water partition coefficient (Wildman–Crippen LogP) is 5.12. The topological polar surface area (TPSA) is 78.7 Å². The number of fused-ring (bicyclic) bond motifs is 2. The Labute approximate surface area is 205 Å². The van der Waals surface area contributed by atoms with Gasteiger partial charge in [-0.3, -0.25) is 0 Å². The third kappa shape index (κ3) is 4.40. The van der Waals surface area contributed by atoms with Gasteiger partial charge in [-0.25, -0.2) is 9.78 Å². The lowest BCUT2D eigenvalue weighted by atomic mass is 9.82. The maximum absolute atomic E-state index is 12.5. The van der Waals surface area contributed by atoms with Crippen LogP contribution in [0.3, 0.4) is 0 Å². The lowest BCUT2D eigenvalue weighted by Gasteiger charge is -2.37.